The summed E-state index contributed by atoms with van der Waals surface area (Å²) in [6, 6.07) is 14.8. The summed E-state index contributed by atoms with van der Waals surface area (Å²) in [4.78, 5) is 32.5. The second-order valence-corrected chi connectivity index (χ2v) is 10.9. The molecule has 33 heavy (non-hydrogen) atoms. The van der Waals surface area contributed by atoms with Gasteiger partial charge in [-0.2, -0.15) is 0 Å². The second-order valence-electron chi connectivity index (χ2n) is 7.81. The number of rotatable bonds is 4. The maximum atomic E-state index is 13.3. The van der Waals surface area contributed by atoms with Crippen molar-refractivity contribution in [3.63, 3.8) is 0 Å². The number of nitrogens with one attached hydrogen (secondary N) is 1. The smallest absolute Gasteiger partial charge is 0.290 e. The van der Waals surface area contributed by atoms with Gasteiger partial charge in [0.15, 0.2) is 20.7 Å². The Balaban J connectivity index is 1.44. The lowest BCUT2D eigenvalue weighted by Crippen LogP contribution is -2.50. The Bertz CT molecular complexity index is 1480. The number of nitrogens with zero attached hydrogens (tertiary/aromatic N) is 2. The number of sulfone groups is 1. The highest BCUT2D eigenvalue weighted by Gasteiger charge is 2.36. The standard InChI is InChI=1S/C23H19N3O5S2/c1-33(29,30)16-8-9-17-20(12-16)32-23(24-17)25-21(27)18-11-14-5-2-3-6-15(14)13-26(18)22(28)19-7-4-10-31-19/h2-10,12,18H,11,13H2,1H3,(H,24,25,27)/t18-/m1/s1. The van der Waals surface area contributed by atoms with E-state index in [0.717, 1.165) is 17.4 Å². The highest BCUT2D eigenvalue weighted by Crippen LogP contribution is 2.30. The van der Waals surface area contributed by atoms with E-state index in [4.69, 9.17) is 4.42 Å². The fourth-order valence-electron chi connectivity index (χ4n) is 3.89. The normalized spacial score (nSPS) is 15.9. The monoisotopic (exact) mass is 481 g/mol. The molecular formula is C23H19N3O5S2. The maximum absolute atomic E-state index is 13.3. The molecule has 2 aromatic carbocycles. The van der Waals surface area contributed by atoms with Crippen molar-refractivity contribution < 1.29 is 22.4 Å². The molecule has 2 aromatic heterocycles. The molecule has 8 nitrogen and oxygen atoms in total. The molecule has 1 aliphatic rings. The summed E-state index contributed by atoms with van der Waals surface area (Å²) in [6.45, 7) is 0.283. The summed E-state index contributed by atoms with van der Waals surface area (Å²) >= 11 is 1.18. The summed E-state index contributed by atoms with van der Waals surface area (Å²) in [6.07, 6.45) is 2.92. The maximum Gasteiger partial charge on any atom is 0.290 e. The zero-order valence-corrected chi connectivity index (χ0v) is 19.2. The fourth-order valence-corrected chi connectivity index (χ4v) is 5.52. The molecule has 1 aliphatic heterocycles. The summed E-state index contributed by atoms with van der Waals surface area (Å²) < 4.78 is 29.6. The molecule has 0 fully saturated rings. The van der Waals surface area contributed by atoms with E-state index in [-0.39, 0.29) is 29.0 Å². The van der Waals surface area contributed by atoms with E-state index in [1.807, 2.05) is 24.3 Å². The van der Waals surface area contributed by atoms with E-state index in [0.29, 0.717) is 21.8 Å². The van der Waals surface area contributed by atoms with Gasteiger partial charge in [0.05, 0.1) is 21.4 Å². The largest absolute Gasteiger partial charge is 0.459 e. The van der Waals surface area contributed by atoms with Crippen molar-refractivity contribution in [3.8, 4) is 0 Å². The Hall–Kier alpha value is -3.50. The molecule has 0 aliphatic carbocycles. The number of furan rings is 1. The summed E-state index contributed by atoms with van der Waals surface area (Å²) in [7, 11) is -3.35. The zero-order chi connectivity index (χ0) is 23.2. The first kappa shape index (κ1) is 21.4. The number of fused-ring (bicyclic) bond motifs is 2. The van der Waals surface area contributed by atoms with E-state index in [1.54, 1.807) is 24.3 Å². The summed E-state index contributed by atoms with van der Waals surface area (Å²) in [5.74, 6) is -0.566. The van der Waals surface area contributed by atoms with Crippen molar-refractivity contribution in [2.24, 2.45) is 0 Å². The average molecular weight is 482 g/mol. The Morgan fingerprint density at radius 2 is 1.91 bits per heavy atom. The summed E-state index contributed by atoms with van der Waals surface area (Å²) in [5, 5.41) is 3.15. The van der Waals surface area contributed by atoms with Crippen LogP contribution in [0.2, 0.25) is 0 Å². The Morgan fingerprint density at radius 1 is 1.12 bits per heavy atom. The topological polar surface area (TPSA) is 110 Å². The SMILES string of the molecule is CS(=O)(=O)c1ccc2nc(NC(=O)[C@H]3Cc4ccccc4CN3C(=O)c3ccco3)sc2c1. The van der Waals surface area contributed by atoms with Gasteiger partial charge in [0, 0.05) is 19.2 Å². The van der Waals surface area contributed by atoms with Crippen LogP contribution in [0.1, 0.15) is 21.7 Å². The predicted octanol–water partition coefficient (Wildman–Crippen LogP) is 3.50. The third kappa shape index (κ3) is 4.14. The van der Waals surface area contributed by atoms with Crippen LogP contribution in [-0.2, 0) is 27.6 Å². The molecule has 0 radical (unpaired) electrons. The second kappa shape index (κ2) is 8.13. The molecule has 0 spiro atoms. The van der Waals surface area contributed by atoms with Crippen molar-refractivity contribution in [1.29, 1.82) is 0 Å². The lowest BCUT2D eigenvalue weighted by molar-refractivity contribution is -0.121. The molecule has 1 N–H and O–H groups in total. The first-order valence-electron chi connectivity index (χ1n) is 10.1. The summed E-state index contributed by atoms with van der Waals surface area (Å²) in [5.41, 5.74) is 2.57. The van der Waals surface area contributed by atoms with Crippen LogP contribution in [0.3, 0.4) is 0 Å². The molecule has 10 heteroatoms. The number of thiazole rings is 1. The molecular weight excluding hydrogens is 462 g/mol. The molecule has 2 amide bonds. The number of amides is 2. The average Bonchev–Trinajstić information content (AvgIpc) is 3.46. The minimum absolute atomic E-state index is 0.167. The van der Waals surface area contributed by atoms with Crippen LogP contribution >= 0.6 is 11.3 Å². The first-order chi connectivity index (χ1) is 15.8. The van der Waals surface area contributed by atoms with Crippen LogP contribution in [0.4, 0.5) is 5.13 Å². The van der Waals surface area contributed by atoms with Crippen LogP contribution in [0.15, 0.2) is 70.2 Å². The van der Waals surface area contributed by atoms with Crippen molar-refractivity contribution in [2.45, 2.75) is 23.9 Å². The molecule has 0 saturated heterocycles. The molecule has 5 rings (SSSR count). The van der Waals surface area contributed by atoms with E-state index in [2.05, 4.69) is 10.3 Å². The van der Waals surface area contributed by atoms with Crippen molar-refractivity contribution >= 4 is 48.3 Å². The van der Waals surface area contributed by atoms with Crippen LogP contribution < -0.4 is 5.32 Å². The van der Waals surface area contributed by atoms with E-state index in [9.17, 15) is 18.0 Å². The van der Waals surface area contributed by atoms with E-state index < -0.39 is 15.9 Å². The van der Waals surface area contributed by atoms with Gasteiger partial charge in [-0.3, -0.25) is 9.59 Å². The number of benzene rings is 2. The molecule has 0 saturated carbocycles. The number of aromatic nitrogens is 1. The first-order valence-corrected chi connectivity index (χ1v) is 12.8. The molecule has 168 valence electrons. The number of carbonyl (C=O) groups is 2. The van der Waals surface area contributed by atoms with Gasteiger partial charge >= 0.3 is 0 Å². The fraction of sp³-hybridized carbons (Fsp3) is 0.174. The van der Waals surface area contributed by atoms with Gasteiger partial charge in [-0.1, -0.05) is 35.6 Å². The van der Waals surface area contributed by atoms with Crippen molar-refractivity contribution in [2.75, 3.05) is 11.6 Å². The highest BCUT2D eigenvalue weighted by atomic mass is 32.2. The highest BCUT2D eigenvalue weighted by molar-refractivity contribution is 7.90. The van der Waals surface area contributed by atoms with Crippen LogP contribution in [0, 0.1) is 0 Å². The Kier molecular flexibility index (Phi) is 5.26. The van der Waals surface area contributed by atoms with Gasteiger partial charge in [0.1, 0.15) is 6.04 Å². The van der Waals surface area contributed by atoms with E-state index >= 15 is 0 Å². The predicted molar refractivity (Wildman–Crippen MR) is 124 cm³/mol. The molecule has 0 unspecified atom stereocenters. The van der Waals surface area contributed by atoms with Crippen molar-refractivity contribution in [3.05, 3.63) is 77.7 Å². The van der Waals surface area contributed by atoms with Gasteiger partial charge in [0.2, 0.25) is 5.91 Å². The molecule has 3 heterocycles. The lowest BCUT2D eigenvalue weighted by atomic mass is 9.93. The molecule has 0 bridgehead atoms. The van der Waals surface area contributed by atoms with E-state index in [1.165, 1.54) is 28.6 Å². The third-order valence-electron chi connectivity index (χ3n) is 5.56. The van der Waals surface area contributed by atoms with Crippen LogP contribution in [-0.4, -0.2) is 42.4 Å². The number of carbonyl (C=O) groups excluding carboxylic acids is 2. The Morgan fingerprint density at radius 3 is 2.64 bits per heavy atom. The number of anilines is 1. The van der Waals surface area contributed by atoms with Gasteiger partial charge in [0.25, 0.3) is 5.91 Å². The van der Waals surface area contributed by atoms with Gasteiger partial charge in [-0.05, 0) is 41.5 Å². The van der Waals surface area contributed by atoms with Crippen LogP contribution in [0.5, 0.6) is 0 Å². The number of hydrogen-bond donors (Lipinski definition) is 1. The van der Waals surface area contributed by atoms with Gasteiger partial charge < -0.3 is 14.6 Å². The molecule has 4 aromatic rings. The molecule has 1 atom stereocenters. The minimum atomic E-state index is -3.35. The van der Waals surface area contributed by atoms with Gasteiger partial charge in [-0.25, -0.2) is 13.4 Å². The zero-order valence-electron chi connectivity index (χ0n) is 17.5. The van der Waals surface area contributed by atoms with Crippen LogP contribution in [0.25, 0.3) is 10.2 Å². The minimum Gasteiger partial charge on any atom is -0.459 e. The van der Waals surface area contributed by atoms with Crippen molar-refractivity contribution in [1.82, 2.24) is 9.88 Å². The van der Waals surface area contributed by atoms with Gasteiger partial charge in [-0.15, -0.1) is 0 Å². The quantitative estimate of drug-likeness (QED) is 0.478. The Labute approximate surface area is 193 Å². The lowest BCUT2D eigenvalue weighted by Gasteiger charge is -2.35. The number of hydrogen-bond acceptors (Lipinski definition) is 7. The third-order valence-corrected chi connectivity index (χ3v) is 7.61.